The van der Waals surface area contributed by atoms with Gasteiger partial charge in [-0.05, 0) is 35.4 Å². The zero-order valence-corrected chi connectivity index (χ0v) is 14.1. The monoisotopic (exact) mass is 375 g/mol. The summed E-state index contributed by atoms with van der Waals surface area (Å²) in [6.07, 6.45) is -4.54. The Hall–Kier alpha value is -3.34. The van der Waals surface area contributed by atoms with Crippen molar-refractivity contribution in [1.29, 1.82) is 5.26 Å². The van der Waals surface area contributed by atoms with Crippen LogP contribution in [0.5, 0.6) is 0 Å². The van der Waals surface area contributed by atoms with Crippen molar-refractivity contribution in [3.05, 3.63) is 70.8 Å². The maximum absolute atomic E-state index is 12.6. The van der Waals surface area contributed by atoms with Crippen LogP contribution in [0.25, 0.3) is 0 Å². The van der Waals surface area contributed by atoms with Gasteiger partial charge < -0.3 is 11.1 Å². The topological polar surface area (TPSA) is 96.0 Å². The number of nitrogens with zero attached hydrogens (tertiary/aromatic N) is 1. The number of hydrogen-bond donors (Lipinski definition) is 2. The number of nitriles is 1. The van der Waals surface area contributed by atoms with E-state index in [2.05, 4.69) is 5.32 Å². The number of carbonyl (C=O) groups is 2. The van der Waals surface area contributed by atoms with Crippen LogP contribution in [-0.4, -0.2) is 17.9 Å². The second-order valence-electron chi connectivity index (χ2n) is 5.91. The van der Waals surface area contributed by atoms with Gasteiger partial charge in [-0.1, -0.05) is 24.3 Å². The van der Waals surface area contributed by atoms with Crippen LogP contribution in [0.1, 0.15) is 22.3 Å². The Kier molecular flexibility index (Phi) is 6.19. The lowest BCUT2D eigenvalue weighted by Gasteiger charge is -2.16. The number of primary amides is 1. The Morgan fingerprint density at radius 2 is 1.78 bits per heavy atom. The number of nitrogens with one attached hydrogen (secondary N) is 1. The highest BCUT2D eigenvalue weighted by Crippen LogP contribution is 2.29. The number of carbonyl (C=O) groups excluding carboxylic acids is 2. The molecule has 0 radical (unpaired) electrons. The van der Waals surface area contributed by atoms with Crippen LogP contribution < -0.4 is 11.1 Å². The van der Waals surface area contributed by atoms with Gasteiger partial charge >= 0.3 is 6.18 Å². The van der Waals surface area contributed by atoms with Gasteiger partial charge in [-0.15, -0.1) is 0 Å². The van der Waals surface area contributed by atoms with Crippen molar-refractivity contribution in [2.45, 2.75) is 25.1 Å². The molecule has 0 bridgehead atoms. The van der Waals surface area contributed by atoms with Crippen LogP contribution in [0.3, 0.4) is 0 Å². The number of halogens is 3. The fourth-order valence-corrected chi connectivity index (χ4v) is 2.47. The molecule has 0 spiro atoms. The SMILES string of the molecule is N#Cc1cccc(C[C@@H](NC(=O)Cc2ccc(C(F)(F)F)cc2)C(N)=O)c1. The minimum atomic E-state index is -4.45. The minimum absolute atomic E-state index is 0.101. The highest BCUT2D eigenvalue weighted by Gasteiger charge is 2.30. The summed E-state index contributed by atoms with van der Waals surface area (Å²) >= 11 is 0. The summed E-state index contributed by atoms with van der Waals surface area (Å²) in [4.78, 5) is 23.7. The number of benzene rings is 2. The summed E-state index contributed by atoms with van der Waals surface area (Å²) < 4.78 is 37.7. The van der Waals surface area contributed by atoms with Gasteiger partial charge in [-0.3, -0.25) is 9.59 Å². The summed E-state index contributed by atoms with van der Waals surface area (Å²) in [5.74, 6) is -1.30. The second kappa shape index (κ2) is 8.36. The lowest BCUT2D eigenvalue weighted by atomic mass is 10.0. The van der Waals surface area contributed by atoms with Crippen molar-refractivity contribution in [3.8, 4) is 6.07 Å². The molecule has 27 heavy (non-hydrogen) atoms. The molecule has 3 N–H and O–H groups in total. The Morgan fingerprint density at radius 3 is 2.33 bits per heavy atom. The molecular formula is C19H16F3N3O2. The molecular weight excluding hydrogens is 359 g/mol. The molecule has 0 fully saturated rings. The quantitative estimate of drug-likeness (QED) is 0.811. The van der Waals surface area contributed by atoms with Crippen molar-refractivity contribution in [1.82, 2.24) is 5.32 Å². The van der Waals surface area contributed by atoms with E-state index in [0.717, 1.165) is 12.1 Å². The average Bonchev–Trinajstić information content (AvgIpc) is 2.61. The standard InChI is InChI=1S/C19H16F3N3O2/c20-19(21,22)15-6-4-12(5-7-15)10-17(26)25-16(18(24)27)9-13-2-1-3-14(8-13)11-23/h1-8,16H,9-10H2,(H2,24,27)(H,25,26)/t16-/m1/s1. The molecule has 0 heterocycles. The zero-order valence-electron chi connectivity index (χ0n) is 14.1. The van der Waals surface area contributed by atoms with Gasteiger partial charge in [0, 0.05) is 6.42 Å². The fourth-order valence-electron chi connectivity index (χ4n) is 2.47. The molecule has 0 saturated carbocycles. The van der Waals surface area contributed by atoms with Crippen molar-refractivity contribution < 1.29 is 22.8 Å². The molecule has 0 saturated heterocycles. The highest BCUT2D eigenvalue weighted by atomic mass is 19.4. The molecule has 0 aromatic heterocycles. The molecule has 1 atom stereocenters. The van der Waals surface area contributed by atoms with E-state index in [0.29, 0.717) is 16.7 Å². The molecule has 0 aliphatic heterocycles. The summed E-state index contributed by atoms with van der Waals surface area (Å²) in [5.41, 5.74) is 5.94. The normalized spacial score (nSPS) is 12.1. The second-order valence-corrected chi connectivity index (χ2v) is 5.91. The van der Waals surface area contributed by atoms with E-state index in [9.17, 15) is 22.8 Å². The molecule has 8 heteroatoms. The number of amides is 2. The molecule has 2 rings (SSSR count). The van der Waals surface area contributed by atoms with Crippen molar-refractivity contribution >= 4 is 11.8 Å². The van der Waals surface area contributed by atoms with E-state index >= 15 is 0 Å². The fraction of sp³-hybridized carbons (Fsp3) is 0.211. The smallest absolute Gasteiger partial charge is 0.368 e. The zero-order chi connectivity index (χ0) is 20.0. The van der Waals surface area contributed by atoms with Gasteiger partial charge in [-0.25, -0.2) is 0 Å². The maximum Gasteiger partial charge on any atom is 0.416 e. The Labute approximate surface area is 153 Å². The summed E-state index contributed by atoms with van der Waals surface area (Å²) in [7, 11) is 0. The maximum atomic E-state index is 12.6. The van der Waals surface area contributed by atoms with E-state index in [1.54, 1.807) is 24.3 Å². The van der Waals surface area contributed by atoms with Gasteiger partial charge in [0.1, 0.15) is 6.04 Å². The number of rotatable bonds is 6. The predicted molar refractivity (Wildman–Crippen MR) is 91.1 cm³/mol. The first kappa shape index (κ1) is 20.0. The van der Waals surface area contributed by atoms with E-state index < -0.39 is 29.6 Å². The van der Waals surface area contributed by atoms with E-state index in [-0.39, 0.29) is 12.8 Å². The third kappa shape index (κ3) is 5.85. The molecule has 0 aliphatic carbocycles. The largest absolute Gasteiger partial charge is 0.416 e. The number of hydrogen-bond acceptors (Lipinski definition) is 3. The Bertz CT molecular complexity index is 871. The first-order chi connectivity index (χ1) is 12.7. The summed E-state index contributed by atoms with van der Waals surface area (Å²) in [6, 6.07) is 11.7. The van der Waals surface area contributed by atoms with E-state index in [1.165, 1.54) is 12.1 Å². The molecule has 2 amide bonds. The van der Waals surface area contributed by atoms with E-state index in [4.69, 9.17) is 11.0 Å². The molecule has 140 valence electrons. The molecule has 2 aromatic rings. The Morgan fingerprint density at radius 1 is 1.11 bits per heavy atom. The van der Waals surface area contributed by atoms with Gasteiger partial charge in [0.05, 0.1) is 23.6 Å². The first-order valence-corrected chi connectivity index (χ1v) is 7.93. The van der Waals surface area contributed by atoms with E-state index in [1.807, 2.05) is 6.07 Å². The van der Waals surface area contributed by atoms with Crippen LogP contribution in [0.2, 0.25) is 0 Å². The van der Waals surface area contributed by atoms with Gasteiger partial charge in [0.25, 0.3) is 0 Å². The average molecular weight is 375 g/mol. The van der Waals surface area contributed by atoms with Gasteiger partial charge in [0.2, 0.25) is 11.8 Å². The van der Waals surface area contributed by atoms with Gasteiger partial charge in [-0.2, -0.15) is 18.4 Å². The van der Waals surface area contributed by atoms with Gasteiger partial charge in [0.15, 0.2) is 0 Å². The molecule has 2 aromatic carbocycles. The molecule has 5 nitrogen and oxygen atoms in total. The lowest BCUT2D eigenvalue weighted by Crippen LogP contribution is -2.46. The van der Waals surface area contributed by atoms with Crippen LogP contribution in [-0.2, 0) is 28.6 Å². The number of nitrogens with two attached hydrogens (primary N) is 1. The molecule has 0 aliphatic rings. The van der Waals surface area contributed by atoms with Crippen molar-refractivity contribution in [2.24, 2.45) is 5.73 Å². The van der Waals surface area contributed by atoms with Crippen LogP contribution in [0, 0.1) is 11.3 Å². The summed E-state index contributed by atoms with van der Waals surface area (Å²) in [5, 5.41) is 11.4. The third-order valence-corrected chi connectivity index (χ3v) is 3.82. The highest BCUT2D eigenvalue weighted by molar-refractivity contribution is 5.87. The molecule has 0 unspecified atom stereocenters. The number of alkyl halides is 3. The van der Waals surface area contributed by atoms with Crippen LogP contribution in [0.4, 0.5) is 13.2 Å². The lowest BCUT2D eigenvalue weighted by molar-refractivity contribution is -0.137. The third-order valence-electron chi connectivity index (χ3n) is 3.82. The minimum Gasteiger partial charge on any atom is -0.368 e. The van der Waals surface area contributed by atoms with Crippen LogP contribution >= 0.6 is 0 Å². The first-order valence-electron chi connectivity index (χ1n) is 7.93. The van der Waals surface area contributed by atoms with Crippen LogP contribution in [0.15, 0.2) is 48.5 Å². The Balaban J connectivity index is 2.02. The predicted octanol–water partition coefficient (Wildman–Crippen LogP) is 2.33. The van der Waals surface area contributed by atoms with Crippen molar-refractivity contribution in [2.75, 3.05) is 0 Å². The van der Waals surface area contributed by atoms with Crippen molar-refractivity contribution in [3.63, 3.8) is 0 Å². The summed E-state index contributed by atoms with van der Waals surface area (Å²) in [6.45, 7) is 0.